The molecule has 0 aliphatic carbocycles. The maximum atomic E-state index is 10.7. The zero-order valence-corrected chi connectivity index (χ0v) is 15.2. The van der Waals surface area contributed by atoms with Gasteiger partial charge in [-0.2, -0.15) is 0 Å². The summed E-state index contributed by atoms with van der Waals surface area (Å²) in [6, 6.07) is 0. The number of aliphatic hydroxyl groups excluding tert-OH is 8. The second-order valence-electron chi connectivity index (χ2n) is 5.17. The number of carbonyl (C=O) groups excluding carboxylic acids is 2. The monoisotopic (exact) mass is 396 g/mol. The van der Waals surface area contributed by atoms with Crippen molar-refractivity contribution in [3.05, 3.63) is 0 Å². The van der Waals surface area contributed by atoms with E-state index in [4.69, 9.17) is 40.9 Å². The minimum Gasteiger partial charge on any atom is -0.455 e. The molecule has 13 heteroatoms. The molecule has 2 rings (SSSR count). The molecule has 2 heterocycles. The van der Waals surface area contributed by atoms with Crippen molar-refractivity contribution in [2.45, 2.75) is 48.8 Å². The molecular formula is C12H20CaO12+2. The van der Waals surface area contributed by atoms with Gasteiger partial charge in [0.1, 0.15) is 24.4 Å². The Morgan fingerprint density at radius 1 is 0.640 bits per heavy atom. The van der Waals surface area contributed by atoms with E-state index in [1.165, 1.54) is 0 Å². The third kappa shape index (κ3) is 5.94. The largest absolute Gasteiger partial charge is 2.00 e. The summed E-state index contributed by atoms with van der Waals surface area (Å²) in [6.45, 7) is -1.17. The first kappa shape index (κ1) is 24.9. The van der Waals surface area contributed by atoms with E-state index in [1.807, 2.05) is 0 Å². The van der Waals surface area contributed by atoms with Crippen molar-refractivity contribution in [1.82, 2.24) is 0 Å². The standard InChI is InChI=1S/2C6H10O6.Ca/c2*7-1-2-3(8)4(9)5(10)6(11)12-2;/h2*2-5,7-10H,1H2;/q;;+2/t2*2-,3-,4+,5-;/m11./s1. The molecule has 25 heavy (non-hydrogen) atoms. The van der Waals surface area contributed by atoms with Crippen molar-refractivity contribution in [2.75, 3.05) is 13.2 Å². The minimum absolute atomic E-state index is 0. The molecule has 2 saturated heterocycles. The SMILES string of the molecule is O=C1O[C@H](CO)[C@@H](O)[C@H](O)[C@H]1O.O=C1O[C@H](CO)[C@@H](O)[C@H](O)[C@H]1O.[Ca+2]. The molecule has 0 aromatic carbocycles. The van der Waals surface area contributed by atoms with Crippen molar-refractivity contribution in [3.63, 3.8) is 0 Å². The van der Waals surface area contributed by atoms with Crippen LogP contribution in [0.4, 0.5) is 0 Å². The summed E-state index contributed by atoms with van der Waals surface area (Å²) >= 11 is 0. The number of cyclic esters (lactones) is 2. The Morgan fingerprint density at radius 2 is 0.920 bits per heavy atom. The predicted molar refractivity (Wildman–Crippen MR) is 75.7 cm³/mol. The third-order valence-electron chi connectivity index (χ3n) is 3.49. The molecule has 8 atom stereocenters. The van der Waals surface area contributed by atoms with Crippen LogP contribution in [0.3, 0.4) is 0 Å². The zero-order valence-electron chi connectivity index (χ0n) is 13.0. The van der Waals surface area contributed by atoms with Crippen LogP contribution in [0.25, 0.3) is 0 Å². The number of aliphatic hydroxyl groups is 8. The van der Waals surface area contributed by atoms with Crippen LogP contribution >= 0.6 is 0 Å². The van der Waals surface area contributed by atoms with Crippen molar-refractivity contribution in [3.8, 4) is 0 Å². The van der Waals surface area contributed by atoms with Gasteiger partial charge >= 0.3 is 49.7 Å². The minimum atomic E-state index is -1.73. The number of hydrogen-bond donors (Lipinski definition) is 8. The summed E-state index contributed by atoms with van der Waals surface area (Å²) in [7, 11) is 0. The van der Waals surface area contributed by atoms with Crippen LogP contribution in [-0.4, -0.2) is 153 Å². The number of rotatable bonds is 2. The second kappa shape index (κ2) is 10.9. The van der Waals surface area contributed by atoms with Crippen LogP contribution in [0.2, 0.25) is 0 Å². The summed E-state index contributed by atoms with van der Waals surface area (Å²) < 4.78 is 8.76. The van der Waals surface area contributed by atoms with Gasteiger partial charge in [0.15, 0.2) is 24.4 Å². The smallest absolute Gasteiger partial charge is 0.455 e. The van der Waals surface area contributed by atoms with Gasteiger partial charge in [-0.1, -0.05) is 0 Å². The summed E-state index contributed by atoms with van der Waals surface area (Å²) in [5, 5.41) is 71.0. The Bertz CT molecular complexity index is 404. The van der Waals surface area contributed by atoms with Gasteiger partial charge in [0, 0.05) is 0 Å². The third-order valence-corrected chi connectivity index (χ3v) is 3.49. The van der Waals surface area contributed by atoms with Crippen molar-refractivity contribution in [1.29, 1.82) is 0 Å². The van der Waals surface area contributed by atoms with Gasteiger partial charge in [-0.15, -0.1) is 0 Å². The Labute approximate surface area is 171 Å². The maximum Gasteiger partial charge on any atom is 2.00 e. The molecule has 12 nitrogen and oxygen atoms in total. The summed E-state index contributed by atoms with van der Waals surface area (Å²) in [4.78, 5) is 21.3. The fraction of sp³-hybridized carbons (Fsp3) is 0.833. The second-order valence-corrected chi connectivity index (χ2v) is 5.17. The number of carbonyl (C=O) groups is 2. The van der Waals surface area contributed by atoms with E-state index in [2.05, 4.69) is 9.47 Å². The van der Waals surface area contributed by atoms with Gasteiger partial charge in [-0.25, -0.2) is 9.59 Å². The Balaban J connectivity index is 0.000000443. The van der Waals surface area contributed by atoms with Crippen molar-refractivity contribution >= 4 is 49.7 Å². The number of hydrogen-bond acceptors (Lipinski definition) is 12. The molecular weight excluding hydrogens is 376 g/mol. The first-order valence-corrected chi connectivity index (χ1v) is 6.86. The van der Waals surface area contributed by atoms with Crippen LogP contribution in [0.1, 0.15) is 0 Å². The van der Waals surface area contributed by atoms with E-state index < -0.39 is 74.0 Å². The predicted octanol–water partition coefficient (Wildman–Crippen LogP) is -6.41. The molecule has 0 aromatic heterocycles. The van der Waals surface area contributed by atoms with Gasteiger partial charge in [-0.3, -0.25) is 0 Å². The fourth-order valence-corrected chi connectivity index (χ4v) is 1.96. The number of esters is 2. The molecule has 8 N–H and O–H groups in total. The molecule has 2 fully saturated rings. The summed E-state index contributed by atoms with van der Waals surface area (Å²) in [5.41, 5.74) is 0. The van der Waals surface area contributed by atoms with Crippen LogP contribution in [-0.2, 0) is 19.1 Å². The normalized spacial score (nSPS) is 40.8. The van der Waals surface area contributed by atoms with E-state index in [1.54, 1.807) is 0 Å². The number of ether oxygens (including phenoxy) is 2. The first-order chi connectivity index (χ1) is 11.1. The Hall–Kier alpha value is -0.120. The van der Waals surface area contributed by atoms with Crippen molar-refractivity contribution in [2.24, 2.45) is 0 Å². The first-order valence-electron chi connectivity index (χ1n) is 6.86. The molecule has 0 aromatic rings. The van der Waals surface area contributed by atoms with Gasteiger partial charge in [-0.05, 0) is 0 Å². The van der Waals surface area contributed by atoms with E-state index >= 15 is 0 Å². The van der Waals surface area contributed by atoms with Gasteiger partial charge in [0.25, 0.3) is 0 Å². The van der Waals surface area contributed by atoms with E-state index in [-0.39, 0.29) is 37.7 Å². The molecule has 2 aliphatic heterocycles. The Kier molecular flexibility index (Phi) is 10.8. The quantitative estimate of drug-likeness (QED) is 0.162. The van der Waals surface area contributed by atoms with Crippen LogP contribution < -0.4 is 0 Å². The van der Waals surface area contributed by atoms with Crippen LogP contribution in [0.5, 0.6) is 0 Å². The topological polar surface area (TPSA) is 214 Å². The average Bonchev–Trinajstić information content (AvgIpc) is 2.58. The molecule has 0 spiro atoms. The fourth-order valence-electron chi connectivity index (χ4n) is 1.96. The molecule has 0 saturated carbocycles. The zero-order chi connectivity index (χ0) is 18.6. The molecule has 140 valence electrons. The molecule has 0 bridgehead atoms. The van der Waals surface area contributed by atoms with E-state index in [0.29, 0.717) is 0 Å². The molecule has 0 amide bonds. The maximum absolute atomic E-state index is 10.7. The van der Waals surface area contributed by atoms with Gasteiger partial charge in [0.2, 0.25) is 0 Å². The van der Waals surface area contributed by atoms with Crippen LogP contribution in [0.15, 0.2) is 0 Å². The molecule has 2 aliphatic rings. The molecule has 0 unspecified atom stereocenters. The summed E-state index contributed by atoms with van der Waals surface area (Å²) in [6.07, 6.45) is -11.9. The van der Waals surface area contributed by atoms with E-state index in [9.17, 15) is 9.59 Å². The van der Waals surface area contributed by atoms with Gasteiger partial charge < -0.3 is 50.3 Å². The van der Waals surface area contributed by atoms with Crippen molar-refractivity contribution < 1.29 is 59.9 Å². The van der Waals surface area contributed by atoms with Gasteiger partial charge in [0.05, 0.1) is 13.2 Å². The van der Waals surface area contributed by atoms with E-state index in [0.717, 1.165) is 0 Å². The summed E-state index contributed by atoms with van der Waals surface area (Å²) in [5.74, 6) is -2.07. The average molecular weight is 396 g/mol. The Morgan fingerprint density at radius 3 is 1.16 bits per heavy atom. The van der Waals surface area contributed by atoms with Crippen LogP contribution in [0, 0.1) is 0 Å². The molecule has 0 radical (unpaired) electrons.